The average Bonchev–Trinajstić information content (AvgIpc) is 2.58. The van der Waals surface area contributed by atoms with Crippen molar-refractivity contribution in [2.24, 2.45) is 0 Å². The van der Waals surface area contributed by atoms with Gasteiger partial charge < -0.3 is 5.32 Å². The first kappa shape index (κ1) is 15.8. The molecule has 2 heterocycles. The summed E-state index contributed by atoms with van der Waals surface area (Å²) in [5.41, 5.74) is 0. The van der Waals surface area contributed by atoms with Crippen LogP contribution in [0.3, 0.4) is 0 Å². The molecule has 8 heteroatoms. The predicted octanol–water partition coefficient (Wildman–Crippen LogP) is 1.25. The first-order valence-corrected chi connectivity index (χ1v) is 7.65. The first-order chi connectivity index (χ1) is 8.10. The zero-order valence-electron chi connectivity index (χ0n) is 9.67. The normalized spacial score (nSPS) is 17.8. The summed E-state index contributed by atoms with van der Waals surface area (Å²) in [5.74, 6) is 0. The molecule has 0 aromatic carbocycles. The van der Waals surface area contributed by atoms with E-state index in [1.807, 2.05) is 0 Å². The number of sulfonamides is 1. The van der Waals surface area contributed by atoms with Crippen LogP contribution in [0.25, 0.3) is 0 Å². The molecule has 1 N–H and O–H groups in total. The van der Waals surface area contributed by atoms with E-state index in [1.165, 1.54) is 10.5 Å². The van der Waals surface area contributed by atoms with Crippen LogP contribution < -0.4 is 5.32 Å². The van der Waals surface area contributed by atoms with E-state index in [4.69, 9.17) is 0 Å². The van der Waals surface area contributed by atoms with Crippen molar-refractivity contribution >= 4 is 38.4 Å². The summed E-state index contributed by atoms with van der Waals surface area (Å²) in [7, 11) is -3.41. The number of hydrogen-bond acceptors (Lipinski definition) is 4. The summed E-state index contributed by atoms with van der Waals surface area (Å²) in [4.78, 5) is 4.14. The molecule has 1 aliphatic heterocycles. The zero-order chi connectivity index (χ0) is 12.3. The maximum atomic E-state index is 12.3. The van der Waals surface area contributed by atoms with E-state index in [-0.39, 0.29) is 17.3 Å². The number of rotatable bonds is 2. The van der Waals surface area contributed by atoms with Crippen molar-refractivity contribution in [3.05, 3.63) is 22.9 Å². The third kappa shape index (κ3) is 3.64. The first-order valence-electron chi connectivity index (χ1n) is 5.42. The maximum absolute atomic E-state index is 12.3. The number of nitrogens with zero attached hydrogens (tertiary/aromatic N) is 2. The quantitative estimate of drug-likeness (QED) is 0.866. The lowest BCUT2D eigenvalue weighted by atomic mass is 10.4. The van der Waals surface area contributed by atoms with Crippen LogP contribution in [0.4, 0.5) is 0 Å². The van der Waals surface area contributed by atoms with Gasteiger partial charge in [0.15, 0.2) is 0 Å². The van der Waals surface area contributed by atoms with Gasteiger partial charge in [-0.05, 0) is 35.0 Å². The van der Waals surface area contributed by atoms with Crippen LogP contribution in [0.2, 0.25) is 0 Å². The minimum Gasteiger partial charge on any atom is -0.315 e. The Balaban J connectivity index is 0.00000162. The van der Waals surface area contributed by atoms with Crippen molar-refractivity contribution in [1.82, 2.24) is 14.6 Å². The largest absolute Gasteiger partial charge is 0.315 e. The molecule has 102 valence electrons. The van der Waals surface area contributed by atoms with Gasteiger partial charge in [-0.1, -0.05) is 0 Å². The van der Waals surface area contributed by atoms with E-state index in [9.17, 15) is 8.42 Å². The molecule has 0 amide bonds. The lowest BCUT2D eigenvalue weighted by Gasteiger charge is -2.19. The van der Waals surface area contributed by atoms with Crippen molar-refractivity contribution in [1.29, 1.82) is 0 Å². The predicted molar refractivity (Wildman–Crippen MR) is 75.4 cm³/mol. The molecular formula is C10H15BrClN3O2S. The Morgan fingerprint density at radius 3 is 2.78 bits per heavy atom. The highest BCUT2D eigenvalue weighted by molar-refractivity contribution is 9.10. The van der Waals surface area contributed by atoms with Crippen LogP contribution in [0, 0.1) is 0 Å². The Labute approximate surface area is 122 Å². The molecular weight excluding hydrogens is 342 g/mol. The smallest absolute Gasteiger partial charge is 0.244 e. The molecule has 0 unspecified atom stereocenters. The van der Waals surface area contributed by atoms with Crippen LogP contribution in [-0.4, -0.2) is 43.9 Å². The van der Waals surface area contributed by atoms with Crippen LogP contribution in [0.5, 0.6) is 0 Å². The summed E-state index contributed by atoms with van der Waals surface area (Å²) in [5, 5.41) is 3.18. The zero-order valence-corrected chi connectivity index (χ0v) is 12.9. The van der Waals surface area contributed by atoms with Gasteiger partial charge in [-0.2, -0.15) is 4.31 Å². The second kappa shape index (κ2) is 6.81. The van der Waals surface area contributed by atoms with E-state index in [1.54, 1.807) is 12.3 Å². The van der Waals surface area contributed by atoms with E-state index in [0.717, 1.165) is 13.0 Å². The van der Waals surface area contributed by atoms with Crippen molar-refractivity contribution in [3.8, 4) is 0 Å². The molecule has 2 rings (SSSR count). The molecule has 0 spiro atoms. The van der Waals surface area contributed by atoms with Gasteiger partial charge in [-0.3, -0.25) is 4.98 Å². The SMILES string of the molecule is Cl.O=S(=O)(c1cncc(Br)c1)N1CCCNCC1. The van der Waals surface area contributed by atoms with Crippen LogP contribution >= 0.6 is 28.3 Å². The van der Waals surface area contributed by atoms with Gasteiger partial charge in [-0.25, -0.2) is 8.42 Å². The van der Waals surface area contributed by atoms with E-state index >= 15 is 0 Å². The number of halogens is 2. The lowest BCUT2D eigenvalue weighted by Crippen LogP contribution is -2.34. The van der Waals surface area contributed by atoms with Gasteiger partial charge in [0.2, 0.25) is 10.0 Å². The molecule has 1 aliphatic rings. The Bertz CT molecular complexity index is 490. The number of nitrogens with one attached hydrogen (secondary N) is 1. The lowest BCUT2D eigenvalue weighted by molar-refractivity contribution is 0.431. The monoisotopic (exact) mass is 355 g/mol. The summed E-state index contributed by atoms with van der Waals surface area (Å²) < 4.78 is 26.8. The maximum Gasteiger partial charge on any atom is 0.244 e. The van der Waals surface area contributed by atoms with Gasteiger partial charge in [-0.15, -0.1) is 12.4 Å². The molecule has 5 nitrogen and oxygen atoms in total. The topological polar surface area (TPSA) is 62.3 Å². The van der Waals surface area contributed by atoms with E-state index in [0.29, 0.717) is 24.1 Å². The molecule has 1 saturated heterocycles. The summed E-state index contributed by atoms with van der Waals surface area (Å²) in [6.45, 7) is 2.63. The van der Waals surface area contributed by atoms with Crippen molar-refractivity contribution in [3.63, 3.8) is 0 Å². The highest BCUT2D eigenvalue weighted by Gasteiger charge is 2.25. The fourth-order valence-electron chi connectivity index (χ4n) is 1.74. The number of pyridine rings is 1. The van der Waals surface area contributed by atoms with Gasteiger partial charge in [0.05, 0.1) is 0 Å². The fraction of sp³-hybridized carbons (Fsp3) is 0.500. The minimum absolute atomic E-state index is 0. The molecule has 1 aromatic heterocycles. The Morgan fingerprint density at radius 2 is 2.06 bits per heavy atom. The molecule has 0 saturated carbocycles. The van der Waals surface area contributed by atoms with Crippen molar-refractivity contribution in [2.75, 3.05) is 26.2 Å². The molecule has 1 aromatic rings. The third-order valence-electron chi connectivity index (χ3n) is 2.62. The Kier molecular flexibility index (Phi) is 6.00. The van der Waals surface area contributed by atoms with Crippen LogP contribution in [0.1, 0.15) is 6.42 Å². The second-order valence-electron chi connectivity index (χ2n) is 3.85. The molecule has 0 aliphatic carbocycles. The van der Waals surface area contributed by atoms with E-state index in [2.05, 4.69) is 26.2 Å². The Hall–Kier alpha value is -0.210. The summed E-state index contributed by atoms with van der Waals surface area (Å²) >= 11 is 3.24. The van der Waals surface area contributed by atoms with Gasteiger partial charge in [0.1, 0.15) is 4.90 Å². The van der Waals surface area contributed by atoms with Crippen LogP contribution in [-0.2, 0) is 10.0 Å². The average molecular weight is 357 g/mol. The molecule has 0 radical (unpaired) electrons. The molecule has 18 heavy (non-hydrogen) atoms. The van der Waals surface area contributed by atoms with Crippen molar-refractivity contribution < 1.29 is 8.42 Å². The van der Waals surface area contributed by atoms with E-state index < -0.39 is 10.0 Å². The summed E-state index contributed by atoms with van der Waals surface area (Å²) in [6, 6.07) is 1.58. The second-order valence-corrected chi connectivity index (χ2v) is 6.70. The standard InChI is InChI=1S/C10H14BrN3O2S.ClH/c11-9-6-10(8-13-7-9)17(15,16)14-4-1-2-12-3-5-14;/h6-8,12H,1-5H2;1H. The fourth-order valence-corrected chi connectivity index (χ4v) is 3.73. The molecule has 0 bridgehead atoms. The third-order valence-corrected chi connectivity index (χ3v) is 4.91. The molecule has 1 fully saturated rings. The number of hydrogen-bond donors (Lipinski definition) is 1. The van der Waals surface area contributed by atoms with Gasteiger partial charge >= 0.3 is 0 Å². The van der Waals surface area contributed by atoms with Gasteiger partial charge in [0.25, 0.3) is 0 Å². The Morgan fingerprint density at radius 1 is 1.28 bits per heavy atom. The highest BCUT2D eigenvalue weighted by atomic mass is 79.9. The summed E-state index contributed by atoms with van der Waals surface area (Å²) in [6.07, 6.45) is 3.79. The highest BCUT2D eigenvalue weighted by Crippen LogP contribution is 2.19. The van der Waals surface area contributed by atoms with Crippen LogP contribution in [0.15, 0.2) is 27.8 Å². The van der Waals surface area contributed by atoms with Crippen molar-refractivity contribution in [2.45, 2.75) is 11.3 Å². The molecule has 0 atom stereocenters. The van der Waals surface area contributed by atoms with Gasteiger partial charge in [0, 0.05) is 36.5 Å². The number of aromatic nitrogens is 1. The minimum atomic E-state index is -3.41.